The van der Waals surface area contributed by atoms with E-state index >= 15 is 0 Å². The average Bonchev–Trinajstić information content (AvgIpc) is 3.31. The van der Waals surface area contributed by atoms with Crippen LogP contribution < -0.4 is 0 Å². The standard InChI is InChI=1S/C23H30N4O2S/c1-15-19(25-29-24-15)14-27(4)23(28)22-21(18-7-5-6-8-20(18)30-22)17-11-9-16(10-12-17)13-26(2)3/h5-8,16-17H,9-14H2,1-4H3. The van der Waals surface area contributed by atoms with Crippen molar-refractivity contribution < 1.29 is 9.42 Å². The van der Waals surface area contributed by atoms with Crippen LogP contribution in [0, 0.1) is 12.8 Å². The van der Waals surface area contributed by atoms with Crippen LogP contribution in [0.1, 0.15) is 58.2 Å². The summed E-state index contributed by atoms with van der Waals surface area (Å²) in [5.74, 6) is 1.26. The molecule has 0 bridgehead atoms. The van der Waals surface area contributed by atoms with E-state index < -0.39 is 0 Å². The first-order chi connectivity index (χ1) is 14.4. The van der Waals surface area contributed by atoms with E-state index in [0.717, 1.165) is 35.9 Å². The van der Waals surface area contributed by atoms with Gasteiger partial charge in [0.2, 0.25) is 0 Å². The van der Waals surface area contributed by atoms with Gasteiger partial charge in [-0.3, -0.25) is 4.79 Å². The lowest BCUT2D eigenvalue weighted by Gasteiger charge is -2.31. The summed E-state index contributed by atoms with van der Waals surface area (Å²) in [5.41, 5.74) is 2.69. The second kappa shape index (κ2) is 8.86. The second-order valence-corrected chi connectivity index (χ2v) is 9.83. The Bertz CT molecular complexity index is 1020. The van der Waals surface area contributed by atoms with Gasteiger partial charge in [0.25, 0.3) is 5.91 Å². The van der Waals surface area contributed by atoms with Crippen molar-refractivity contribution in [3.63, 3.8) is 0 Å². The molecule has 2 aromatic heterocycles. The van der Waals surface area contributed by atoms with Crippen molar-refractivity contribution >= 4 is 27.3 Å². The van der Waals surface area contributed by atoms with Gasteiger partial charge < -0.3 is 9.80 Å². The highest BCUT2D eigenvalue weighted by atomic mass is 32.1. The van der Waals surface area contributed by atoms with Crippen molar-refractivity contribution in [2.45, 2.75) is 45.1 Å². The molecule has 4 rings (SSSR count). The van der Waals surface area contributed by atoms with Crippen LogP contribution in [-0.4, -0.2) is 53.7 Å². The quantitative estimate of drug-likeness (QED) is 0.572. The van der Waals surface area contributed by atoms with Gasteiger partial charge in [-0.15, -0.1) is 11.3 Å². The fraction of sp³-hybridized carbons (Fsp3) is 0.522. The minimum atomic E-state index is 0.0593. The molecule has 1 aliphatic carbocycles. The normalized spacial score (nSPS) is 19.5. The molecule has 1 aromatic carbocycles. The van der Waals surface area contributed by atoms with Crippen LogP contribution in [-0.2, 0) is 6.54 Å². The highest BCUT2D eigenvalue weighted by Gasteiger charge is 2.30. The summed E-state index contributed by atoms with van der Waals surface area (Å²) >= 11 is 1.62. The van der Waals surface area contributed by atoms with Gasteiger partial charge in [-0.1, -0.05) is 28.5 Å². The van der Waals surface area contributed by atoms with Crippen molar-refractivity contribution in [2.24, 2.45) is 5.92 Å². The number of thiophene rings is 1. The number of nitrogens with zero attached hydrogens (tertiary/aromatic N) is 4. The third-order valence-corrected chi connectivity index (χ3v) is 7.36. The largest absolute Gasteiger partial charge is 0.335 e. The highest BCUT2D eigenvalue weighted by Crippen LogP contribution is 2.44. The van der Waals surface area contributed by atoms with Crippen LogP contribution in [0.4, 0.5) is 0 Å². The summed E-state index contributed by atoms with van der Waals surface area (Å²) in [6.45, 7) is 3.40. The average molecular weight is 427 g/mol. The maximum atomic E-state index is 13.5. The van der Waals surface area contributed by atoms with Gasteiger partial charge in [-0.05, 0) is 75.6 Å². The highest BCUT2D eigenvalue weighted by molar-refractivity contribution is 7.21. The molecule has 6 nitrogen and oxygen atoms in total. The first-order valence-electron chi connectivity index (χ1n) is 10.6. The second-order valence-electron chi connectivity index (χ2n) is 8.78. The van der Waals surface area contributed by atoms with Crippen LogP contribution in [0.3, 0.4) is 0 Å². The monoisotopic (exact) mass is 426 g/mol. The lowest BCUT2D eigenvalue weighted by molar-refractivity contribution is 0.0784. The summed E-state index contributed by atoms with van der Waals surface area (Å²) < 4.78 is 5.99. The molecule has 0 aliphatic heterocycles. The van der Waals surface area contributed by atoms with E-state index in [-0.39, 0.29) is 5.91 Å². The summed E-state index contributed by atoms with van der Waals surface area (Å²) in [7, 11) is 6.13. The van der Waals surface area contributed by atoms with Crippen LogP contribution in [0.25, 0.3) is 10.1 Å². The van der Waals surface area contributed by atoms with Crippen molar-refractivity contribution in [1.29, 1.82) is 0 Å². The number of carbonyl (C=O) groups is 1. The zero-order chi connectivity index (χ0) is 21.3. The van der Waals surface area contributed by atoms with Crippen LogP contribution in [0.15, 0.2) is 28.9 Å². The molecule has 7 heteroatoms. The first-order valence-corrected chi connectivity index (χ1v) is 11.4. The summed E-state index contributed by atoms with van der Waals surface area (Å²) in [6.07, 6.45) is 4.74. The molecule has 0 N–H and O–H groups in total. The molecule has 30 heavy (non-hydrogen) atoms. The van der Waals surface area contributed by atoms with Crippen molar-refractivity contribution in [2.75, 3.05) is 27.7 Å². The Morgan fingerprint density at radius 3 is 2.53 bits per heavy atom. The Hall–Kier alpha value is -2.25. The Kier molecular flexibility index (Phi) is 6.20. The predicted octanol–water partition coefficient (Wildman–Crippen LogP) is 4.70. The zero-order valence-corrected chi connectivity index (χ0v) is 19.0. The van der Waals surface area contributed by atoms with Gasteiger partial charge in [0.1, 0.15) is 11.4 Å². The topological polar surface area (TPSA) is 62.5 Å². The van der Waals surface area contributed by atoms with E-state index in [9.17, 15) is 4.79 Å². The maximum Gasteiger partial charge on any atom is 0.264 e. The Morgan fingerprint density at radius 2 is 1.87 bits per heavy atom. The Morgan fingerprint density at radius 1 is 1.13 bits per heavy atom. The van der Waals surface area contributed by atoms with E-state index in [0.29, 0.717) is 18.2 Å². The molecule has 0 unspecified atom stereocenters. The SMILES string of the molecule is Cc1nonc1CN(C)C(=O)c1sc2ccccc2c1C1CCC(CN(C)C)CC1. The van der Waals surface area contributed by atoms with Gasteiger partial charge in [0.05, 0.1) is 11.4 Å². The molecule has 0 spiro atoms. The molecule has 3 aromatic rings. The molecule has 0 radical (unpaired) electrons. The van der Waals surface area contributed by atoms with E-state index in [1.807, 2.05) is 14.0 Å². The van der Waals surface area contributed by atoms with Gasteiger partial charge in [0, 0.05) is 18.3 Å². The van der Waals surface area contributed by atoms with Crippen LogP contribution in [0.2, 0.25) is 0 Å². The summed E-state index contributed by atoms with van der Waals surface area (Å²) in [4.78, 5) is 18.4. The lowest BCUT2D eigenvalue weighted by Crippen LogP contribution is -2.28. The summed E-state index contributed by atoms with van der Waals surface area (Å²) in [6, 6.07) is 8.44. The minimum Gasteiger partial charge on any atom is -0.335 e. The van der Waals surface area contributed by atoms with E-state index in [2.05, 4.69) is 53.6 Å². The Balaban J connectivity index is 1.61. The number of aryl methyl sites for hydroxylation is 1. The van der Waals surface area contributed by atoms with E-state index in [4.69, 9.17) is 4.63 Å². The third-order valence-electron chi connectivity index (χ3n) is 6.19. The lowest BCUT2D eigenvalue weighted by atomic mass is 9.77. The number of hydrogen-bond donors (Lipinski definition) is 0. The zero-order valence-electron chi connectivity index (χ0n) is 18.2. The fourth-order valence-corrected chi connectivity index (χ4v) is 5.93. The van der Waals surface area contributed by atoms with Crippen LogP contribution >= 0.6 is 11.3 Å². The van der Waals surface area contributed by atoms with Gasteiger partial charge in [-0.2, -0.15) is 0 Å². The molecule has 1 amide bonds. The number of hydrogen-bond acceptors (Lipinski definition) is 6. The van der Waals surface area contributed by atoms with Crippen molar-refractivity contribution in [1.82, 2.24) is 20.1 Å². The van der Waals surface area contributed by atoms with Crippen molar-refractivity contribution in [3.8, 4) is 0 Å². The smallest absolute Gasteiger partial charge is 0.264 e. The molecule has 1 saturated carbocycles. The van der Waals surface area contributed by atoms with Gasteiger partial charge in [-0.25, -0.2) is 4.63 Å². The molecular weight excluding hydrogens is 396 g/mol. The number of benzene rings is 1. The number of rotatable bonds is 6. The molecule has 1 aliphatic rings. The molecule has 0 atom stereocenters. The van der Waals surface area contributed by atoms with Gasteiger partial charge >= 0.3 is 0 Å². The first kappa shape index (κ1) is 21.0. The maximum absolute atomic E-state index is 13.5. The number of amides is 1. The molecular formula is C23H30N4O2S. The van der Waals surface area contributed by atoms with Crippen LogP contribution in [0.5, 0.6) is 0 Å². The number of aromatic nitrogens is 2. The summed E-state index contributed by atoms with van der Waals surface area (Å²) in [5, 5.41) is 9.01. The molecule has 0 saturated heterocycles. The fourth-order valence-electron chi connectivity index (χ4n) is 4.64. The van der Waals surface area contributed by atoms with E-state index in [1.54, 1.807) is 16.2 Å². The Labute approximate surface area is 181 Å². The van der Waals surface area contributed by atoms with E-state index in [1.165, 1.54) is 28.5 Å². The third kappa shape index (κ3) is 4.27. The minimum absolute atomic E-state index is 0.0593. The van der Waals surface area contributed by atoms with Crippen molar-refractivity contribution in [3.05, 3.63) is 46.1 Å². The molecule has 1 fully saturated rings. The molecule has 160 valence electrons. The molecule has 2 heterocycles. The number of carbonyl (C=O) groups excluding carboxylic acids is 1. The number of fused-ring (bicyclic) bond motifs is 1. The van der Waals surface area contributed by atoms with Gasteiger partial charge in [0.15, 0.2) is 0 Å². The predicted molar refractivity (Wildman–Crippen MR) is 120 cm³/mol.